The van der Waals surface area contributed by atoms with E-state index < -0.39 is 0 Å². The molecule has 2 aliphatic rings. The van der Waals surface area contributed by atoms with Gasteiger partial charge in [0.25, 0.3) is 0 Å². The van der Waals surface area contributed by atoms with Crippen molar-refractivity contribution in [3.63, 3.8) is 0 Å². The highest BCUT2D eigenvalue weighted by molar-refractivity contribution is 5.80. The molecule has 0 spiro atoms. The van der Waals surface area contributed by atoms with Crippen molar-refractivity contribution in [2.24, 2.45) is 4.99 Å². The maximum Gasteiger partial charge on any atom is 0.191 e. The molecule has 0 aliphatic carbocycles. The zero-order valence-corrected chi connectivity index (χ0v) is 18.1. The van der Waals surface area contributed by atoms with Crippen LogP contribution in [0.5, 0.6) is 0 Å². The van der Waals surface area contributed by atoms with Crippen molar-refractivity contribution in [3.8, 4) is 0 Å². The molecule has 0 atom stereocenters. The molecule has 5 nitrogen and oxygen atoms in total. The van der Waals surface area contributed by atoms with Gasteiger partial charge in [-0.25, -0.2) is 0 Å². The van der Waals surface area contributed by atoms with Gasteiger partial charge in [0.1, 0.15) is 0 Å². The Balaban J connectivity index is 1.40. The Kier molecular flexibility index (Phi) is 8.16. The molecule has 156 valence electrons. The number of nitrogens with one attached hydrogen (secondary N) is 2. The van der Waals surface area contributed by atoms with Gasteiger partial charge in [0.05, 0.1) is 0 Å². The van der Waals surface area contributed by atoms with Gasteiger partial charge < -0.3 is 15.5 Å². The van der Waals surface area contributed by atoms with Gasteiger partial charge in [0.15, 0.2) is 5.96 Å². The smallest absolute Gasteiger partial charge is 0.191 e. The van der Waals surface area contributed by atoms with Crippen molar-refractivity contribution in [1.82, 2.24) is 20.4 Å². The predicted molar refractivity (Wildman–Crippen MR) is 119 cm³/mol. The predicted octanol–water partition coefficient (Wildman–Crippen LogP) is 2.86. The summed E-state index contributed by atoms with van der Waals surface area (Å²) in [6.45, 7) is 14.3. The minimum Gasteiger partial charge on any atom is -0.357 e. The van der Waals surface area contributed by atoms with Gasteiger partial charge in [0, 0.05) is 57.9 Å². The maximum atomic E-state index is 4.84. The van der Waals surface area contributed by atoms with Crippen molar-refractivity contribution in [2.75, 3.05) is 39.3 Å². The molecule has 2 N–H and O–H groups in total. The van der Waals surface area contributed by atoms with Gasteiger partial charge in [-0.1, -0.05) is 24.3 Å². The molecule has 28 heavy (non-hydrogen) atoms. The Morgan fingerprint density at radius 3 is 2.61 bits per heavy atom. The number of piperidine rings is 1. The van der Waals surface area contributed by atoms with E-state index in [2.05, 4.69) is 65.5 Å². The minimum atomic E-state index is 0.548. The standard InChI is InChI=1S/C23H39N5/c1-4-24-23(26-22-11-16-28(17-12-22)19(2)3)25-13-7-14-27-15-10-20-8-5-6-9-21(20)18-27/h5-6,8-9,19,22H,4,7,10-18H2,1-3H3,(H2,24,25,26). The summed E-state index contributed by atoms with van der Waals surface area (Å²) in [6, 6.07) is 10.1. The van der Waals surface area contributed by atoms with Crippen LogP contribution in [0.25, 0.3) is 0 Å². The molecule has 0 bridgehead atoms. The van der Waals surface area contributed by atoms with Gasteiger partial charge >= 0.3 is 0 Å². The highest BCUT2D eigenvalue weighted by atomic mass is 15.2. The fraction of sp³-hybridized carbons (Fsp3) is 0.696. The fourth-order valence-corrected chi connectivity index (χ4v) is 4.30. The summed E-state index contributed by atoms with van der Waals surface area (Å²) >= 11 is 0. The first kappa shape index (κ1) is 21.1. The lowest BCUT2D eigenvalue weighted by Crippen LogP contribution is -2.49. The van der Waals surface area contributed by atoms with E-state index in [0.717, 1.165) is 38.6 Å². The largest absolute Gasteiger partial charge is 0.357 e. The molecule has 2 heterocycles. The van der Waals surface area contributed by atoms with E-state index in [0.29, 0.717) is 12.1 Å². The molecule has 5 heteroatoms. The zero-order chi connectivity index (χ0) is 19.8. The number of hydrogen-bond donors (Lipinski definition) is 2. The van der Waals surface area contributed by atoms with Gasteiger partial charge in [-0.05, 0) is 57.6 Å². The molecule has 1 aromatic carbocycles. The number of nitrogens with zero attached hydrogens (tertiary/aromatic N) is 3. The van der Waals surface area contributed by atoms with Crippen molar-refractivity contribution < 1.29 is 0 Å². The van der Waals surface area contributed by atoms with Crippen LogP contribution in [0.4, 0.5) is 0 Å². The van der Waals surface area contributed by atoms with Gasteiger partial charge in [-0.15, -0.1) is 0 Å². The SMILES string of the molecule is CCNC(=NCCCN1CCc2ccccc2C1)NC1CCN(C(C)C)CC1. The summed E-state index contributed by atoms with van der Waals surface area (Å²) in [7, 11) is 0. The van der Waals surface area contributed by atoms with Gasteiger partial charge in [0.2, 0.25) is 0 Å². The van der Waals surface area contributed by atoms with Crippen LogP contribution in [-0.2, 0) is 13.0 Å². The third-order valence-corrected chi connectivity index (χ3v) is 6.06. The fourth-order valence-electron chi connectivity index (χ4n) is 4.30. The molecular formula is C23H39N5. The Bertz CT molecular complexity index is 619. The average Bonchev–Trinajstić information content (AvgIpc) is 2.71. The molecule has 1 saturated heterocycles. The van der Waals surface area contributed by atoms with Crippen LogP contribution in [0.2, 0.25) is 0 Å². The van der Waals surface area contributed by atoms with Gasteiger partial charge in [-0.3, -0.25) is 9.89 Å². The second-order valence-electron chi connectivity index (χ2n) is 8.46. The van der Waals surface area contributed by atoms with E-state index in [-0.39, 0.29) is 0 Å². The Labute approximate surface area is 171 Å². The van der Waals surface area contributed by atoms with Crippen LogP contribution in [-0.4, -0.2) is 67.1 Å². The van der Waals surface area contributed by atoms with Crippen LogP contribution < -0.4 is 10.6 Å². The maximum absolute atomic E-state index is 4.84. The molecular weight excluding hydrogens is 346 g/mol. The van der Waals surface area contributed by atoms with Crippen LogP contribution in [0, 0.1) is 0 Å². The third kappa shape index (κ3) is 6.21. The summed E-state index contributed by atoms with van der Waals surface area (Å²) in [5.41, 5.74) is 3.03. The Hall–Kier alpha value is -1.59. The molecule has 0 amide bonds. The highest BCUT2D eigenvalue weighted by Gasteiger charge is 2.21. The van der Waals surface area contributed by atoms with Crippen molar-refractivity contribution >= 4 is 5.96 Å². The number of guanidine groups is 1. The minimum absolute atomic E-state index is 0.548. The molecule has 0 radical (unpaired) electrons. The number of fused-ring (bicyclic) bond motifs is 1. The Morgan fingerprint density at radius 1 is 1.14 bits per heavy atom. The monoisotopic (exact) mass is 385 g/mol. The van der Waals surface area contributed by atoms with E-state index in [1.807, 2.05) is 0 Å². The van der Waals surface area contributed by atoms with Gasteiger partial charge in [-0.2, -0.15) is 0 Å². The lowest BCUT2D eigenvalue weighted by Gasteiger charge is -2.35. The highest BCUT2D eigenvalue weighted by Crippen LogP contribution is 2.18. The van der Waals surface area contributed by atoms with Crippen LogP contribution in [0.1, 0.15) is 51.2 Å². The third-order valence-electron chi connectivity index (χ3n) is 6.06. The summed E-state index contributed by atoms with van der Waals surface area (Å²) in [5, 5.41) is 7.09. The lowest BCUT2D eigenvalue weighted by atomic mass is 10.00. The molecule has 2 aliphatic heterocycles. The number of benzene rings is 1. The number of aliphatic imine (C=N–C) groups is 1. The molecule has 1 aromatic rings. The molecule has 1 fully saturated rings. The van der Waals surface area contributed by atoms with Crippen molar-refractivity contribution in [1.29, 1.82) is 0 Å². The van der Waals surface area contributed by atoms with E-state index >= 15 is 0 Å². The lowest BCUT2D eigenvalue weighted by molar-refractivity contribution is 0.167. The summed E-state index contributed by atoms with van der Waals surface area (Å²) in [6.07, 6.45) is 4.70. The van der Waals surface area contributed by atoms with E-state index in [9.17, 15) is 0 Å². The van der Waals surface area contributed by atoms with Crippen molar-refractivity contribution in [2.45, 2.75) is 65.1 Å². The second-order valence-corrected chi connectivity index (χ2v) is 8.46. The molecule has 3 rings (SSSR count). The molecule has 0 aromatic heterocycles. The topological polar surface area (TPSA) is 42.9 Å². The van der Waals surface area contributed by atoms with Crippen LogP contribution in [0.15, 0.2) is 29.3 Å². The first-order chi connectivity index (χ1) is 13.7. The number of likely N-dealkylation sites (tertiary alicyclic amines) is 1. The second kappa shape index (κ2) is 10.8. The van der Waals surface area contributed by atoms with Crippen molar-refractivity contribution in [3.05, 3.63) is 35.4 Å². The number of hydrogen-bond acceptors (Lipinski definition) is 3. The summed E-state index contributed by atoms with van der Waals surface area (Å²) in [5.74, 6) is 0.995. The Morgan fingerprint density at radius 2 is 1.89 bits per heavy atom. The van der Waals surface area contributed by atoms with E-state index in [1.165, 1.54) is 50.0 Å². The summed E-state index contributed by atoms with van der Waals surface area (Å²) in [4.78, 5) is 9.98. The zero-order valence-electron chi connectivity index (χ0n) is 18.1. The molecule has 0 unspecified atom stereocenters. The number of rotatable bonds is 7. The van der Waals surface area contributed by atoms with E-state index in [4.69, 9.17) is 4.99 Å². The normalized spacial score (nSPS) is 19.6. The summed E-state index contributed by atoms with van der Waals surface area (Å²) < 4.78 is 0. The average molecular weight is 386 g/mol. The quantitative estimate of drug-likeness (QED) is 0.430. The first-order valence-electron chi connectivity index (χ1n) is 11.2. The van der Waals surface area contributed by atoms with E-state index in [1.54, 1.807) is 0 Å². The first-order valence-corrected chi connectivity index (χ1v) is 11.2. The van der Waals surface area contributed by atoms with Crippen LogP contribution >= 0.6 is 0 Å². The molecule has 0 saturated carbocycles. The van der Waals surface area contributed by atoms with Crippen LogP contribution in [0.3, 0.4) is 0 Å².